The molecule has 1 aliphatic heterocycles. The number of likely N-dealkylation sites (N-methyl/N-ethyl adjacent to an activating group) is 1. The highest BCUT2D eigenvalue weighted by molar-refractivity contribution is 5.99. The van der Waals surface area contributed by atoms with Gasteiger partial charge in [0.25, 0.3) is 5.91 Å². The number of hydrogen-bond acceptors (Lipinski definition) is 5. The van der Waals surface area contributed by atoms with Gasteiger partial charge in [-0.3, -0.25) is 14.4 Å². The van der Waals surface area contributed by atoms with Crippen LogP contribution in [0.15, 0.2) is 48.5 Å². The molecule has 0 spiro atoms. The Morgan fingerprint density at radius 1 is 1.00 bits per heavy atom. The van der Waals surface area contributed by atoms with Gasteiger partial charge in [0, 0.05) is 23.9 Å². The summed E-state index contributed by atoms with van der Waals surface area (Å²) >= 11 is 0. The van der Waals surface area contributed by atoms with E-state index in [9.17, 15) is 14.4 Å². The van der Waals surface area contributed by atoms with Crippen LogP contribution in [-0.4, -0.2) is 55.0 Å². The number of carbonyl (C=O) groups excluding carboxylic acids is 3. The zero-order valence-corrected chi connectivity index (χ0v) is 18.6. The topological polar surface area (TPSA) is 97.0 Å². The zero-order chi connectivity index (χ0) is 23.1. The largest absolute Gasteiger partial charge is 0.486 e. The Morgan fingerprint density at radius 3 is 2.34 bits per heavy atom. The molecule has 0 radical (unpaired) electrons. The van der Waals surface area contributed by atoms with Crippen LogP contribution in [-0.2, 0) is 9.59 Å². The predicted octanol–water partition coefficient (Wildman–Crippen LogP) is 2.70. The molecule has 3 amide bonds. The van der Waals surface area contributed by atoms with Crippen molar-refractivity contribution in [2.45, 2.75) is 26.8 Å². The summed E-state index contributed by atoms with van der Waals surface area (Å²) in [7, 11) is 0. The van der Waals surface area contributed by atoms with Gasteiger partial charge in [-0.2, -0.15) is 0 Å². The number of benzene rings is 2. The lowest BCUT2D eigenvalue weighted by Crippen LogP contribution is -2.52. The fourth-order valence-corrected chi connectivity index (χ4v) is 3.36. The van der Waals surface area contributed by atoms with Gasteiger partial charge in [0.2, 0.25) is 11.8 Å². The monoisotopic (exact) mass is 439 g/mol. The van der Waals surface area contributed by atoms with Gasteiger partial charge in [-0.05, 0) is 37.1 Å². The number of amides is 3. The van der Waals surface area contributed by atoms with E-state index in [1.807, 2.05) is 19.9 Å². The fraction of sp³-hybridized carbons (Fsp3) is 0.375. The number of ether oxygens (including phenoxy) is 2. The summed E-state index contributed by atoms with van der Waals surface area (Å²) in [5.74, 6) is 0.0897. The zero-order valence-electron chi connectivity index (χ0n) is 18.6. The van der Waals surface area contributed by atoms with Gasteiger partial charge < -0.3 is 25.0 Å². The van der Waals surface area contributed by atoms with Gasteiger partial charge in [0.15, 0.2) is 11.5 Å². The molecule has 3 rings (SSSR count). The van der Waals surface area contributed by atoms with E-state index in [1.54, 1.807) is 49.4 Å². The third-order valence-electron chi connectivity index (χ3n) is 5.11. The smallest absolute Gasteiger partial charge is 0.251 e. The average molecular weight is 440 g/mol. The number of fused-ring (bicyclic) bond motifs is 1. The first-order valence-electron chi connectivity index (χ1n) is 10.7. The number of nitrogens with zero attached hydrogens (tertiary/aromatic N) is 1. The third kappa shape index (κ3) is 5.78. The SMILES string of the molecule is CCN(CC(=O)Nc1ccc2c(c1)OCCO2)C(=O)C(NC(=O)c1ccccc1)C(C)C. The molecule has 32 heavy (non-hydrogen) atoms. The summed E-state index contributed by atoms with van der Waals surface area (Å²) < 4.78 is 11.0. The minimum atomic E-state index is -0.746. The van der Waals surface area contributed by atoms with Gasteiger partial charge in [-0.25, -0.2) is 0 Å². The van der Waals surface area contributed by atoms with Gasteiger partial charge in [0.1, 0.15) is 19.3 Å². The fourth-order valence-electron chi connectivity index (χ4n) is 3.36. The van der Waals surface area contributed by atoms with E-state index in [2.05, 4.69) is 10.6 Å². The molecule has 2 aromatic carbocycles. The molecule has 8 nitrogen and oxygen atoms in total. The van der Waals surface area contributed by atoms with Crippen molar-refractivity contribution >= 4 is 23.4 Å². The van der Waals surface area contributed by atoms with Gasteiger partial charge in [-0.15, -0.1) is 0 Å². The minimum Gasteiger partial charge on any atom is -0.486 e. The summed E-state index contributed by atoms with van der Waals surface area (Å²) in [5.41, 5.74) is 1.03. The predicted molar refractivity (Wildman–Crippen MR) is 121 cm³/mol. The Balaban J connectivity index is 1.64. The number of rotatable bonds is 8. The highest BCUT2D eigenvalue weighted by Gasteiger charge is 2.29. The molecule has 1 aliphatic rings. The summed E-state index contributed by atoms with van der Waals surface area (Å²) in [6.45, 7) is 6.66. The van der Waals surface area contributed by atoms with Gasteiger partial charge >= 0.3 is 0 Å². The summed E-state index contributed by atoms with van der Waals surface area (Å²) in [6, 6.07) is 13.1. The quantitative estimate of drug-likeness (QED) is 0.659. The van der Waals surface area contributed by atoms with E-state index in [0.717, 1.165) is 0 Å². The van der Waals surface area contributed by atoms with Gasteiger partial charge in [0.05, 0.1) is 6.54 Å². The maximum absolute atomic E-state index is 13.2. The molecule has 2 aromatic rings. The minimum absolute atomic E-state index is 0.131. The number of nitrogens with one attached hydrogen (secondary N) is 2. The molecule has 8 heteroatoms. The van der Waals surface area contributed by atoms with Crippen LogP contribution >= 0.6 is 0 Å². The molecular formula is C24H29N3O5. The standard InChI is InChI=1S/C24H29N3O5/c1-4-27(15-21(28)25-18-10-11-19-20(14-18)32-13-12-31-19)24(30)22(16(2)3)26-23(29)17-8-6-5-7-9-17/h5-11,14,16,22H,4,12-13,15H2,1-3H3,(H,25,28)(H,26,29). The van der Waals surface area contributed by atoms with Crippen molar-refractivity contribution in [1.82, 2.24) is 10.2 Å². The maximum Gasteiger partial charge on any atom is 0.251 e. The highest BCUT2D eigenvalue weighted by Crippen LogP contribution is 2.32. The Morgan fingerprint density at radius 2 is 1.69 bits per heavy atom. The highest BCUT2D eigenvalue weighted by atomic mass is 16.6. The second-order valence-corrected chi connectivity index (χ2v) is 7.82. The lowest BCUT2D eigenvalue weighted by atomic mass is 10.0. The van der Waals surface area contributed by atoms with E-state index in [1.165, 1.54) is 4.90 Å². The Labute approximate surface area is 187 Å². The molecule has 1 heterocycles. The van der Waals surface area contributed by atoms with E-state index >= 15 is 0 Å². The molecule has 2 N–H and O–H groups in total. The summed E-state index contributed by atoms with van der Waals surface area (Å²) in [4.78, 5) is 39.8. The van der Waals surface area contributed by atoms with Crippen LogP contribution in [0.3, 0.4) is 0 Å². The Bertz CT molecular complexity index is 961. The second kappa shape index (κ2) is 10.7. The molecule has 170 valence electrons. The molecular weight excluding hydrogens is 410 g/mol. The van der Waals surface area contributed by atoms with Crippen LogP contribution in [0.2, 0.25) is 0 Å². The molecule has 0 aromatic heterocycles. The number of anilines is 1. The van der Waals surface area contributed by atoms with Crippen LogP contribution in [0.4, 0.5) is 5.69 Å². The van der Waals surface area contributed by atoms with Crippen LogP contribution in [0, 0.1) is 5.92 Å². The second-order valence-electron chi connectivity index (χ2n) is 7.82. The van der Waals surface area contributed by atoms with Crippen molar-refractivity contribution in [3.05, 3.63) is 54.1 Å². The summed E-state index contributed by atoms with van der Waals surface area (Å²) in [5, 5.41) is 5.60. The van der Waals surface area contributed by atoms with Crippen molar-refractivity contribution in [3.63, 3.8) is 0 Å². The molecule has 0 saturated carbocycles. The van der Waals surface area contributed by atoms with E-state index in [-0.39, 0.29) is 30.2 Å². The number of hydrogen-bond donors (Lipinski definition) is 2. The molecule has 0 aliphatic carbocycles. The Hall–Kier alpha value is -3.55. The molecule has 1 unspecified atom stereocenters. The first-order chi connectivity index (χ1) is 15.4. The van der Waals surface area contributed by atoms with Crippen LogP contribution in [0.25, 0.3) is 0 Å². The Kier molecular flexibility index (Phi) is 7.70. The average Bonchev–Trinajstić information content (AvgIpc) is 2.80. The van der Waals surface area contributed by atoms with Crippen LogP contribution < -0.4 is 20.1 Å². The van der Waals surface area contributed by atoms with Gasteiger partial charge in [-0.1, -0.05) is 32.0 Å². The van der Waals surface area contributed by atoms with Crippen molar-refractivity contribution in [3.8, 4) is 11.5 Å². The van der Waals surface area contributed by atoms with E-state index in [0.29, 0.717) is 42.5 Å². The molecule has 0 saturated heterocycles. The van der Waals surface area contributed by atoms with Crippen molar-refractivity contribution in [2.24, 2.45) is 5.92 Å². The van der Waals surface area contributed by atoms with E-state index < -0.39 is 6.04 Å². The molecule has 0 bridgehead atoms. The normalized spacial score (nSPS) is 13.2. The van der Waals surface area contributed by atoms with E-state index in [4.69, 9.17) is 9.47 Å². The van der Waals surface area contributed by atoms with Crippen molar-refractivity contribution < 1.29 is 23.9 Å². The maximum atomic E-state index is 13.2. The molecule has 1 atom stereocenters. The molecule has 0 fully saturated rings. The lowest BCUT2D eigenvalue weighted by Gasteiger charge is -2.28. The van der Waals surface area contributed by atoms with Crippen molar-refractivity contribution in [2.75, 3.05) is 31.6 Å². The first-order valence-corrected chi connectivity index (χ1v) is 10.7. The lowest BCUT2D eigenvalue weighted by molar-refractivity contribution is -0.137. The van der Waals surface area contributed by atoms with Crippen LogP contribution in [0.1, 0.15) is 31.1 Å². The van der Waals surface area contributed by atoms with Crippen LogP contribution in [0.5, 0.6) is 11.5 Å². The number of carbonyl (C=O) groups is 3. The first kappa shape index (κ1) is 23.1. The summed E-state index contributed by atoms with van der Waals surface area (Å²) in [6.07, 6.45) is 0. The third-order valence-corrected chi connectivity index (χ3v) is 5.11. The van der Waals surface area contributed by atoms with Crippen molar-refractivity contribution in [1.29, 1.82) is 0 Å².